The largest absolute Gasteiger partial charge is 0.438 e. The van der Waals surface area contributed by atoms with E-state index in [9.17, 15) is 0 Å². The molecule has 2 aromatic rings. The standard InChI is InChI=1S/C16H18N2O/c1-3-6-14-7-4-5-8-15(14)19-16-10-13(11-17)9-12(2)18-16/h3-10H,11,17H2,1-2H3/b6-3+. The van der Waals surface area contributed by atoms with Crippen LogP contribution in [0.5, 0.6) is 11.6 Å². The molecule has 0 unspecified atom stereocenters. The van der Waals surface area contributed by atoms with Crippen LogP contribution in [0.3, 0.4) is 0 Å². The molecule has 0 bridgehead atoms. The summed E-state index contributed by atoms with van der Waals surface area (Å²) in [7, 11) is 0. The van der Waals surface area contributed by atoms with Gasteiger partial charge in [-0.15, -0.1) is 0 Å². The average Bonchev–Trinajstić information content (AvgIpc) is 2.40. The van der Waals surface area contributed by atoms with E-state index in [1.54, 1.807) is 0 Å². The van der Waals surface area contributed by atoms with Gasteiger partial charge in [-0.05, 0) is 31.5 Å². The number of rotatable bonds is 4. The number of para-hydroxylation sites is 1. The Hall–Kier alpha value is -2.13. The zero-order chi connectivity index (χ0) is 13.7. The molecule has 0 atom stereocenters. The highest BCUT2D eigenvalue weighted by Gasteiger charge is 2.05. The third-order valence-electron chi connectivity index (χ3n) is 2.71. The highest BCUT2D eigenvalue weighted by Crippen LogP contribution is 2.25. The number of hydrogen-bond donors (Lipinski definition) is 1. The number of pyridine rings is 1. The summed E-state index contributed by atoms with van der Waals surface area (Å²) in [6.07, 6.45) is 3.99. The van der Waals surface area contributed by atoms with Crippen molar-refractivity contribution in [2.24, 2.45) is 5.73 Å². The van der Waals surface area contributed by atoms with Crippen LogP contribution in [0.4, 0.5) is 0 Å². The van der Waals surface area contributed by atoms with E-state index in [-0.39, 0.29) is 0 Å². The van der Waals surface area contributed by atoms with Crippen molar-refractivity contribution in [3.8, 4) is 11.6 Å². The van der Waals surface area contributed by atoms with Crippen molar-refractivity contribution in [2.75, 3.05) is 0 Å². The minimum atomic E-state index is 0.482. The fourth-order valence-corrected chi connectivity index (χ4v) is 1.88. The molecule has 0 fully saturated rings. The zero-order valence-corrected chi connectivity index (χ0v) is 11.3. The van der Waals surface area contributed by atoms with Crippen molar-refractivity contribution in [3.05, 3.63) is 59.3 Å². The second kappa shape index (κ2) is 6.16. The van der Waals surface area contributed by atoms with Crippen molar-refractivity contribution in [1.82, 2.24) is 4.98 Å². The van der Waals surface area contributed by atoms with Crippen molar-refractivity contribution in [1.29, 1.82) is 0 Å². The fourth-order valence-electron chi connectivity index (χ4n) is 1.88. The molecule has 2 rings (SSSR count). The lowest BCUT2D eigenvalue weighted by Crippen LogP contribution is -1.99. The molecule has 3 nitrogen and oxygen atoms in total. The molecule has 1 aromatic carbocycles. The van der Waals surface area contributed by atoms with E-state index in [4.69, 9.17) is 10.5 Å². The normalized spacial score (nSPS) is 10.9. The Morgan fingerprint density at radius 3 is 2.79 bits per heavy atom. The lowest BCUT2D eigenvalue weighted by molar-refractivity contribution is 0.460. The summed E-state index contributed by atoms with van der Waals surface area (Å²) in [5.74, 6) is 1.37. The average molecular weight is 254 g/mol. The first-order valence-electron chi connectivity index (χ1n) is 6.30. The Morgan fingerprint density at radius 2 is 2.05 bits per heavy atom. The smallest absolute Gasteiger partial charge is 0.219 e. The Bertz CT molecular complexity index is 591. The van der Waals surface area contributed by atoms with Gasteiger partial charge >= 0.3 is 0 Å². The maximum atomic E-state index is 5.87. The van der Waals surface area contributed by atoms with Crippen LogP contribution in [0.2, 0.25) is 0 Å². The molecule has 1 aromatic heterocycles. The van der Waals surface area contributed by atoms with Crippen LogP contribution < -0.4 is 10.5 Å². The van der Waals surface area contributed by atoms with Gasteiger partial charge in [0.05, 0.1) is 0 Å². The van der Waals surface area contributed by atoms with E-state index in [0.717, 1.165) is 22.6 Å². The van der Waals surface area contributed by atoms with Gasteiger partial charge in [0.1, 0.15) is 5.75 Å². The van der Waals surface area contributed by atoms with Crippen molar-refractivity contribution < 1.29 is 4.74 Å². The van der Waals surface area contributed by atoms with Gasteiger partial charge in [0.15, 0.2) is 0 Å². The Balaban J connectivity index is 2.33. The first-order chi connectivity index (χ1) is 9.22. The molecule has 3 heteroatoms. The van der Waals surface area contributed by atoms with Crippen molar-refractivity contribution in [3.63, 3.8) is 0 Å². The van der Waals surface area contributed by atoms with Gasteiger partial charge in [-0.1, -0.05) is 30.4 Å². The molecule has 19 heavy (non-hydrogen) atoms. The minimum absolute atomic E-state index is 0.482. The van der Waals surface area contributed by atoms with Crippen molar-refractivity contribution in [2.45, 2.75) is 20.4 Å². The number of ether oxygens (including phenoxy) is 1. The molecule has 0 aliphatic carbocycles. The molecule has 0 amide bonds. The Kier molecular flexibility index (Phi) is 4.31. The van der Waals surface area contributed by atoms with Crippen LogP contribution in [-0.2, 0) is 6.54 Å². The molecule has 0 aliphatic rings. The molecule has 1 heterocycles. The lowest BCUT2D eigenvalue weighted by Gasteiger charge is -2.09. The molecule has 0 saturated carbocycles. The van der Waals surface area contributed by atoms with Gasteiger partial charge in [-0.25, -0.2) is 4.98 Å². The summed E-state index contributed by atoms with van der Waals surface area (Å²) < 4.78 is 5.87. The zero-order valence-electron chi connectivity index (χ0n) is 11.3. The maximum absolute atomic E-state index is 5.87. The van der Waals surface area contributed by atoms with Gasteiger partial charge in [-0.3, -0.25) is 0 Å². The molecule has 2 N–H and O–H groups in total. The second-order valence-corrected chi connectivity index (χ2v) is 4.30. The van der Waals surface area contributed by atoms with Crippen LogP contribution in [0.1, 0.15) is 23.7 Å². The molecule has 0 spiro atoms. The highest BCUT2D eigenvalue weighted by atomic mass is 16.5. The van der Waals surface area contributed by atoms with Crippen LogP contribution in [-0.4, -0.2) is 4.98 Å². The van der Waals surface area contributed by atoms with Crippen molar-refractivity contribution >= 4 is 6.08 Å². The third-order valence-corrected chi connectivity index (χ3v) is 2.71. The van der Waals surface area contributed by atoms with Gasteiger partial charge in [-0.2, -0.15) is 0 Å². The van der Waals surface area contributed by atoms with E-state index >= 15 is 0 Å². The molecule has 0 radical (unpaired) electrons. The van der Waals surface area contributed by atoms with E-state index in [0.29, 0.717) is 12.4 Å². The number of aromatic nitrogens is 1. The SMILES string of the molecule is C/C=C/c1ccccc1Oc1cc(CN)cc(C)n1. The predicted octanol–water partition coefficient (Wildman–Crippen LogP) is 3.67. The van der Waals surface area contributed by atoms with E-state index in [1.807, 2.05) is 62.4 Å². The summed E-state index contributed by atoms with van der Waals surface area (Å²) in [6, 6.07) is 11.7. The van der Waals surface area contributed by atoms with Gasteiger partial charge in [0.2, 0.25) is 5.88 Å². The van der Waals surface area contributed by atoms with E-state index < -0.39 is 0 Å². The first kappa shape index (κ1) is 13.3. The monoisotopic (exact) mass is 254 g/mol. The first-order valence-corrected chi connectivity index (χ1v) is 6.30. The topological polar surface area (TPSA) is 48.1 Å². The Morgan fingerprint density at radius 1 is 1.26 bits per heavy atom. The number of hydrogen-bond acceptors (Lipinski definition) is 3. The number of aryl methyl sites for hydroxylation is 1. The lowest BCUT2D eigenvalue weighted by atomic mass is 10.2. The number of nitrogens with zero attached hydrogens (tertiary/aromatic N) is 1. The summed E-state index contributed by atoms with van der Waals surface area (Å²) in [5, 5.41) is 0. The quantitative estimate of drug-likeness (QED) is 0.905. The van der Waals surface area contributed by atoms with Gasteiger partial charge in [0, 0.05) is 23.9 Å². The summed E-state index contributed by atoms with van der Waals surface area (Å²) in [5.41, 5.74) is 8.62. The van der Waals surface area contributed by atoms with Crippen LogP contribution in [0.15, 0.2) is 42.5 Å². The molecular formula is C16H18N2O. The van der Waals surface area contributed by atoms with Crippen LogP contribution in [0.25, 0.3) is 6.08 Å². The van der Waals surface area contributed by atoms with E-state index in [1.165, 1.54) is 0 Å². The second-order valence-electron chi connectivity index (χ2n) is 4.30. The molecule has 0 aliphatic heterocycles. The van der Waals surface area contributed by atoms with Crippen LogP contribution >= 0.6 is 0 Å². The summed E-state index contributed by atoms with van der Waals surface area (Å²) in [4.78, 5) is 4.38. The van der Waals surface area contributed by atoms with Gasteiger partial charge < -0.3 is 10.5 Å². The van der Waals surface area contributed by atoms with Gasteiger partial charge in [0.25, 0.3) is 0 Å². The minimum Gasteiger partial charge on any atom is -0.438 e. The predicted molar refractivity (Wildman–Crippen MR) is 78.1 cm³/mol. The van der Waals surface area contributed by atoms with E-state index in [2.05, 4.69) is 4.98 Å². The molecule has 98 valence electrons. The highest BCUT2D eigenvalue weighted by molar-refractivity contribution is 5.57. The molecular weight excluding hydrogens is 236 g/mol. The number of allylic oxidation sites excluding steroid dienone is 1. The summed E-state index contributed by atoms with van der Waals surface area (Å²) >= 11 is 0. The third kappa shape index (κ3) is 3.42. The Labute approximate surface area is 113 Å². The fraction of sp³-hybridized carbons (Fsp3) is 0.188. The number of benzene rings is 1. The maximum Gasteiger partial charge on any atom is 0.219 e. The molecule has 0 saturated heterocycles. The summed E-state index contributed by atoms with van der Waals surface area (Å²) in [6.45, 7) is 4.40. The number of nitrogens with two attached hydrogens (primary N) is 1. The van der Waals surface area contributed by atoms with Crippen LogP contribution in [0, 0.1) is 6.92 Å².